The summed E-state index contributed by atoms with van der Waals surface area (Å²) in [6.45, 7) is 1.42. The number of anilines is 1. The molecule has 0 N–H and O–H groups in total. The summed E-state index contributed by atoms with van der Waals surface area (Å²) in [5.74, 6) is -0.264. The van der Waals surface area contributed by atoms with Crippen molar-refractivity contribution in [1.29, 1.82) is 0 Å². The SMILES string of the molecule is COc1ccc(-c2cc(C(=O)OCC(=O)N(C)c3ccccc3)c3c(C)nn(-c4ccccc4)c3n2)cc1. The van der Waals surface area contributed by atoms with Gasteiger partial charge in [0.2, 0.25) is 0 Å². The number of methoxy groups -OCH3 is 1. The lowest BCUT2D eigenvalue weighted by Crippen LogP contribution is -2.31. The molecule has 2 heterocycles. The summed E-state index contributed by atoms with van der Waals surface area (Å²) in [7, 11) is 3.25. The minimum atomic E-state index is -0.627. The number of nitrogens with zero attached hydrogens (tertiary/aromatic N) is 4. The van der Waals surface area contributed by atoms with E-state index in [0.717, 1.165) is 11.3 Å². The normalized spacial score (nSPS) is 10.8. The lowest BCUT2D eigenvalue weighted by molar-refractivity contribution is -0.121. The summed E-state index contributed by atoms with van der Waals surface area (Å²) in [6, 6.07) is 27.9. The van der Waals surface area contributed by atoms with Crippen LogP contribution in [0.2, 0.25) is 0 Å². The van der Waals surface area contributed by atoms with Crippen molar-refractivity contribution in [3.8, 4) is 22.7 Å². The molecule has 0 bridgehead atoms. The maximum absolute atomic E-state index is 13.4. The molecule has 8 nitrogen and oxygen atoms in total. The summed E-state index contributed by atoms with van der Waals surface area (Å²) in [6.07, 6.45) is 0. The maximum atomic E-state index is 13.4. The minimum Gasteiger partial charge on any atom is -0.497 e. The summed E-state index contributed by atoms with van der Waals surface area (Å²) in [4.78, 5) is 32.5. The minimum absolute atomic E-state index is 0.288. The number of rotatable bonds is 7. The van der Waals surface area contributed by atoms with E-state index in [-0.39, 0.29) is 11.5 Å². The van der Waals surface area contributed by atoms with Crippen LogP contribution in [0, 0.1) is 6.92 Å². The Morgan fingerprint density at radius 1 is 0.921 bits per heavy atom. The molecule has 0 aliphatic rings. The Labute approximate surface area is 220 Å². The number of aryl methyl sites for hydroxylation is 1. The van der Waals surface area contributed by atoms with Gasteiger partial charge in [-0.3, -0.25) is 4.79 Å². The van der Waals surface area contributed by atoms with Gasteiger partial charge in [0.25, 0.3) is 5.91 Å². The average molecular weight is 507 g/mol. The summed E-state index contributed by atoms with van der Waals surface area (Å²) < 4.78 is 12.5. The van der Waals surface area contributed by atoms with E-state index < -0.39 is 12.6 Å². The highest BCUT2D eigenvalue weighted by molar-refractivity contribution is 6.06. The lowest BCUT2D eigenvalue weighted by Gasteiger charge is -2.17. The molecule has 0 atom stereocenters. The number of ether oxygens (including phenoxy) is 2. The van der Waals surface area contributed by atoms with Crippen molar-refractivity contribution in [1.82, 2.24) is 14.8 Å². The van der Waals surface area contributed by atoms with Gasteiger partial charge >= 0.3 is 5.97 Å². The molecule has 0 saturated heterocycles. The van der Waals surface area contributed by atoms with E-state index in [2.05, 4.69) is 5.10 Å². The molecule has 38 heavy (non-hydrogen) atoms. The van der Waals surface area contributed by atoms with Gasteiger partial charge in [0, 0.05) is 18.3 Å². The fourth-order valence-corrected chi connectivity index (χ4v) is 4.21. The number of hydrogen-bond acceptors (Lipinski definition) is 6. The van der Waals surface area contributed by atoms with Gasteiger partial charge in [-0.25, -0.2) is 14.5 Å². The van der Waals surface area contributed by atoms with Gasteiger partial charge in [-0.15, -0.1) is 0 Å². The average Bonchev–Trinajstić information content (AvgIpc) is 3.32. The van der Waals surface area contributed by atoms with Crippen molar-refractivity contribution in [2.45, 2.75) is 6.92 Å². The number of amides is 1. The van der Waals surface area contributed by atoms with Crippen LogP contribution in [0.25, 0.3) is 28.0 Å². The number of esters is 1. The highest BCUT2D eigenvalue weighted by Crippen LogP contribution is 2.30. The van der Waals surface area contributed by atoms with Crippen molar-refractivity contribution in [2.24, 2.45) is 0 Å². The Hall–Kier alpha value is -4.98. The molecule has 0 saturated carbocycles. The molecule has 5 rings (SSSR count). The van der Waals surface area contributed by atoms with Crippen molar-refractivity contribution < 1.29 is 19.1 Å². The molecule has 0 aliphatic heterocycles. The molecule has 2 aromatic heterocycles. The highest BCUT2D eigenvalue weighted by atomic mass is 16.5. The van der Waals surface area contributed by atoms with E-state index in [9.17, 15) is 9.59 Å². The zero-order valence-corrected chi connectivity index (χ0v) is 21.3. The summed E-state index contributed by atoms with van der Waals surface area (Å²) in [5, 5.41) is 5.25. The molecule has 5 aromatic rings. The zero-order valence-electron chi connectivity index (χ0n) is 21.3. The largest absolute Gasteiger partial charge is 0.497 e. The van der Waals surface area contributed by atoms with Crippen LogP contribution in [0.15, 0.2) is 91.0 Å². The standard InChI is InChI=1S/C30H26N4O4/c1-20-28-25(30(36)38-19-27(35)33(2)22-10-6-4-7-11-22)18-26(21-14-16-24(37-3)17-15-21)31-29(28)34(32-20)23-12-8-5-9-13-23/h4-18H,19H2,1-3H3. The monoisotopic (exact) mass is 506 g/mol. The first-order valence-electron chi connectivity index (χ1n) is 12.0. The molecule has 1 amide bonds. The number of para-hydroxylation sites is 2. The Morgan fingerprint density at radius 3 is 2.24 bits per heavy atom. The zero-order chi connectivity index (χ0) is 26.6. The number of likely N-dealkylation sites (N-methyl/N-ethyl adjacent to an activating group) is 1. The Bertz CT molecular complexity index is 1600. The lowest BCUT2D eigenvalue weighted by atomic mass is 10.1. The Kier molecular flexibility index (Phi) is 6.86. The number of aromatic nitrogens is 3. The van der Waals surface area contributed by atoms with Crippen LogP contribution in [0.1, 0.15) is 16.1 Å². The second-order valence-corrected chi connectivity index (χ2v) is 8.68. The summed E-state index contributed by atoms with van der Waals surface area (Å²) in [5.41, 5.74) is 4.30. The van der Waals surface area contributed by atoms with E-state index in [1.54, 1.807) is 24.9 Å². The van der Waals surface area contributed by atoms with Crippen molar-refractivity contribution in [3.63, 3.8) is 0 Å². The van der Waals surface area contributed by atoms with Crippen LogP contribution in [-0.2, 0) is 9.53 Å². The van der Waals surface area contributed by atoms with Crippen LogP contribution < -0.4 is 9.64 Å². The quantitative estimate of drug-likeness (QED) is 0.281. The van der Waals surface area contributed by atoms with Crippen molar-refractivity contribution >= 4 is 28.6 Å². The molecular formula is C30H26N4O4. The van der Waals surface area contributed by atoms with Crippen LogP contribution in [-0.4, -0.2) is 47.4 Å². The van der Waals surface area contributed by atoms with Gasteiger partial charge in [0.1, 0.15) is 5.75 Å². The van der Waals surface area contributed by atoms with Crippen LogP contribution >= 0.6 is 0 Å². The maximum Gasteiger partial charge on any atom is 0.339 e. The molecule has 190 valence electrons. The fraction of sp³-hybridized carbons (Fsp3) is 0.133. The number of hydrogen-bond donors (Lipinski definition) is 0. The van der Waals surface area contributed by atoms with Gasteiger partial charge < -0.3 is 14.4 Å². The topological polar surface area (TPSA) is 86.5 Å². The van der Waals surface area contributed by atoms with Gasteiger partial charge in [-0.1, -0.05) is 36.4 Å². The van der Waals surface area contributed by atoms with Crippen LogP contribution in [0.4, 0.5) is 5.69 Å². The highest BCUT2D eigenvalue weighted by Gasteiger charge is 2.23. The first kappa shape index (κ1) is 24.7. The van der Waals surface area contributed by atoms with Crippen LogP contribution in [0.5, 0.6) is 5.75 Å². The third kappa shape index (κ3) is 4.84. The fourth-order valence-electron chi connectivity index (χ4n) is 4.21. The second kappa shape index (κ2) is 10.6. The molecule has 0 fully saturated rings. The molecule has 0 radical (unpaired) electrons. The predicted molar refractivity (Wildman–Crippen MR) is 146 cm³/mol. The predicted octanol–water partition coefficient (Wildman–Crippen LogP) is 5.22. The number of pyridine rings is 1. The van der Waals surface area contributed by atoms with Gasteiger partial charge in [0.05, 0.1) is 35.1 Å². The molecular weight excluding hydrogens is 480 g/mol. The van der Waals surface area contributed by atoms with E-state index in [0.29, 0.717) is 33.9 Å². The summed E-state index contributed by atoms with van der Waals surface area (Å²) >= 11 is 0. The number of carbonyl (C=O) groups is 2. The van der Waals surface area contributed by atoms with E-state index in [1.807, 2.05) is 91.9 Å². The number of fused-ring (bicyclic) bond motifs is 1. The Morgan fingerprint density at radius 2 is 1.58 bits per heavy atom. The van der Waals surface area contributed by atoms with Crippen molar-refractivity contribution in [2.75, 3.05) is 25.7 Å². The molecule has 0 aliphatic carbocycles. The molecule has 0 spiro atoms. The van der Waals surface area contributed by atoms with Gasteiger partial charge in [-0.05, 0) is 61.5 Å². The first-order chi connectivity index (χ1) is 18.5. The van der Waals surface area contributed by atoms with E-state index >= 15 is 0 Å². The smallest absolute Gasteiger partial charge is 0.339 e. The van der Waals surface area contributed by atoms with Gasteiger partial charge in [0.15, 0.2) is 12.3 Å². The second-order valence-electron chi connectivity index (χ2n) is 8.68. The molecule has 3 aromatic carbocycles. The number of benzene rings is 3. The third-order valence-corrected chi connectivity index (χ3v) is 6.26. The Balaban J connectivity index is 1.54. The van der Waals surface area contributed by atoms with E-state index in [1.165, 1.54) is 4.90 Å². The van der Waals surface area contributed by atoms with Gasteiger partial charge in [-0.2, -0.15) is 5.10 Å². The molecule has 8 heteroatoms. The third-order valence-electron chi connectivity index (χ3n) is 6.26. The van der Waals surface area contributed by atoms with E-state index in [4.69, 9.17) is 14.5 Å². The van der Waals surface area contributed by atoms with Crippen molar-refractivity contribution in [3.05, 3.63) is 102 Å². The first-order valence-corrected chi connectivity index (χ1v) is 12.0. The molecule has 0 unspecified atom stereocenters. The van der Waals surface area contributed by atoms with Crippen LogP contribution in [0.3, 0.4) is 0 Å². The number of carbonyl (C=O) groups excluding carboxylic acids is 2.